The van der Waals surface area contributed by atoms with Crippen LogP contribution in [0, 0.1) is 11.7 Å². The molecule has 2 saturated heterocycles. The molecule has 0 spiro atoms. The molecule has 2 N–H and O–H groups in total. The number of anilines is 1. The number of hydrogen-bond donors (Lipinski definition) is 2. The minimum atomic E-state index is -0.678. The minimum Gasteiger partial charge on any atom is -0.389 e. The molecule has 3 atom stereocenters. The summed E-state index contributed by atoms with van der Waals surface area (Å²) in [5.41, 5.74) is 1.10. The van der Waals surface area contributed by atoms with E-state index in [4.69, 9.17) is 0 Å². The highest BCUT2D eigenvalue weighted by molar-refractivity contribution is 5.83. The highest BCUT2D eigenvalue weighted by Gasteiger charge is 2.41. The number of carbonyl (C=O) groups excluding carboxylic acids is 1. The van der Waals surface area contributed by atoms with Crippen molar-refractivity contribution >= 4 is 11.6 Å². The summed E-state index contributed by atoms with van der Waals surface area (Å²) in [5.74, 6) is -0.274. The standard InChI is InChI=1S/C15H19FN2O2/c1-9(19)10-4-5-13(12(16)7-10)18-6-2-3-11-14(18)8-17-15(11)20/h4-5,7,9,11,14,19H,2-3,6,8H2,1H3,(H,17,20)/t9-,11?,14?/m1/s1. The summed E-state index contributed by atoms with van der Waals surface area (Å²) >= 11 is 0. The molecule has 0 aliphatic carbocycles. The van der Waals surface area contributed by atoms with E-state index in [2.05, 4.69) is 5.32 Å². The third-order valence-electron chi connectivity index (χ3n) is 4.36. The van der Waals surface area contributed by atoms with Crippen molar-refractivity contribution in [1.29, 1.82) is 0 Å². The number of nitrogens with one attached hydrogen (secondary N) is 1. The van der Waals surface area contributed by atoms with Crippen LogP contribution >= 0.6 is 0 Å². The van der Waals surface area contributed by atoms with Crippen LogP contribution in [0.4, 0.5) is 10.1 Å². The number of hydrogen-bond acceptors (Lipinski definition) is 3. The highest BCUT2D eigenvalue weighted by Crippen LogP contribution is 2.33. The third kappa shape index (κ3) is 2.16. The fourth-order valence-corrected chi connectivity index (χ4v) is 3.27. The number of amides is 1. The lowest BCUT2D eigenvalue weighted by Gasteiger charge is -2.38. The first-order chi connectivity index (χ1) is 9.58. The summed E-state index contributed by atoms with van der Waals surface area (Å²) in [7, 11) is 0. The fraction of sp³-hybridized carbons (Fsp3) is 0.533. The van der Waals surface area contributed by atoms with E-state index in [1.54, 1.807) is 19.1 Å². The van der Waals surface area contributed by atoms with Crippen molar-refractivity contribution in [3.05, 3.63) is 29.6 Å². The van der Waals surface area contributed by atoms with Crippen molar-refractivity contribution in [2.45, 2.75) is 31.9 Å². The normalized spacial score (nSPS) is 27.1. The van der Waals surface area contributed by atoms with Gasteiger partial charge in [-0.3, -0.25) is 4.79 Å². The summed E-state index contributed by atoms with van der Waals surface area (Å²) in [6.45, 7) is 2.97. The predicted molar refractivity (Wildman–Crippen MR) is 73.9 cm³/mol. The van der Waals surface area contributed by atoms with Gasteiger partial charge in [-0.2, -0.15) is 0 Å². The lowest BCUT2D eigenvalue weighted by atomic mass is 9.91. The Balaban J connectivity index is 1.90. The number of aliphatic hydroxyl groups excluding tert-OH is 1. The van der Waals surface area contributed by atoms with Gasteiger partial charge in [0.25, 0.3) is 0 Å². The van der Waals surface area contributed by atoms with Crippen molar-refractivity contribution in [3.63, 3.8) is 0 Å². The molecule has 3 rings (SSSR count). The molecule has 2 fully saturated rings. The second-order valence-electron chi connectivity index (χ2n) is 5.64. The van der Waals surface area contributed by atoms with Gasteiger partial charge in [0.1, 0.15) is 5.82 Å². The van der Waals surface area contributed by atoms with Gasteiger partial charge >= 0.3 is 0 Å². The smallest absolute Gasteiger partial charge is 0.225 e. The van der Waals surface area contributed by atoms with E-state index in [1.165, 1.54) is 6.07 Å². The molecule has 108 valence electrons. The van der Waals surface area contributed by atoms with Crippen LogP contribution in [0.25, 0.3) is 0 Å². The molecule has 0 saturated carbocycles. The van der Waals surface area contributed by atoms with Gasteiger partial charge in [0.15, 0.2) is 0 Å². The number of fused-ring (bicyclic) bond motifs is 1. The molecule has 2 aliphatic heterocycles. The molecule has 1 amide bonds. The van der Waals surface area contributed by atoms with E-state index in [0.29, 0.717) is 17.8 Å². The summed E-state index contributed by atoms with van der Waals surface area (Å²) in [5, 5.41) is 12.4. The van der Waals surface area contributed by atoms with Crippen molar-refractivity contribution < 1.29 is 14.3 Å². The first kappa shape index (κ1) is 13.4. The van der Waals surface area contributed by atoms with Gasteiger partial charge in [0, 0.05) is 13.1 Å². The van der Waals surface area contributed by atoms with Crippen molar-refractivity contribution in [1.82, 2.24) is 5.32 Å². The van der Waals surface area contributed by atoms with Gasteiger partial charge in [-0.15, -0.1) is 0 Å². The van der Waals surface area contributed by atoms with E-state index in [0.717, 1.165) is 19.4 Å². The van der Waals surface area contributed by atoms with Crippen molar-refractivity contribution in [3.8, 4) is 0 Å². The van der Waals surface area contributed by atoms with Crippen LogP contribution in [-0.4, -0.2) is 30.1 Å². The average Bonchev–Trinajstić information content (AvgIpc) is 2.81. The van der Waals surface area contributed by atoms with Gasteiger partial charge in [-0.1, -0.05) is 6.07 Å². The Kier molecular flexibility index (Phi) is 3.38. The average molecular weight is 278 g/mol. The zero-order valence-electron chi connectivity index (χ0n) is 11.5. The Bertz CT molecular complexity index is 533. The Labute approximate surface area is 117 Å². The van der Waals surface area contributed by atoms with Gasteiger partial charge in [-0.05, 0) is 37.5 Å². The van der Waals surface area contributed by atoms with Crippen LogP contribution in [-0.2, 0) is 4.79 Å². The topological polar surface area (TPSA) is 52.6 Å². The molecule has 0 bridgehead atoms. The Morgan fingerprint density at radius 3 is 3.00 bits per heavy atom. The molecule has 1 aromatic carbocycles. The Hall–Kier alpha value is -1.62. The van der Waals surface area contributed by atoms with Gasteiger partial charge in [-0.25, -0.2) is 4.39 Å². The zero-order valence-corrected chi connectivity index (χ0v) is 11.5. The number of piperidine rings is 1. The van der Waals surface area contributed by atoms with E-state index < -0.39 is 6.10 Å². The van der Waals surface area contributed by atoms with Gasteiger partial charge in [0.2, 0.25) is 5.91 Å². The van der Waals surface area contributed by atoms with Gasteiger partial charge < -0.3 is 15.3 Å². The number of carbonyl (C=O) groups is 1. The molecule has 2 aliphatic rings. The molecule has 4 nitrogen and oxygen atoms in total. The van der Waals surface area contributed by atoms with Crippen LogP contribution in [0.15, 0.2) is 18.2 Å². The largest absolute Gasteiger partial charge is 0.389 e. The minimum absolute atomic E-state index is 0.0282. The summed E-state index contributed by atoms with van der Waals surface area (Å²) in [6.07, 6.45) is 1.09. The third-order valence-corrected chi connectivity index (χ3v) is 4.36. The number of benzene rings is 1. The maximum atomic E-state index is 14.3. The highest BCUT2D eigenvalue weighted by atomic mass is 19.1. The first-order valence-electron chi connectivity index (χ1n) is 7.10. The SMILES string of the molecule is C[C@@H](O)c1ccc(N2CCCC3C(=O)NCC32)c(F)c1. The zero-order chi connectivity index (χ0) is 14.3. The molecule has 5 heteroatoms. The molecular formula is C15H19FN2O2. The first-order valence-corrected chi connectivity index (χ1v) is 7.10. The summed E-state index contributed by atoms with van der Waals surface area (Å²) < 4.78 is 14.3. The van der Waals surface area contributed by atoms with Crippen LogP contribution in [0.5, 0.6) is 0 Å². The second-order valence-corrected chi connectivity index (χ2v) is 5.64. The van der Waals surface area contributed by atoms with Crippen LogP contribution in [0.1, 0.15) is 31.4 Å². The number of aliphatic hydroxyl groups is 1. The van der Waals surface area contributed by atoms with E-state index in [-0.39, 0.29) is 23.7 Å². The Morgan fingerprint density at radius 1 is 1.50 bits per heavy atom. The predicted octanol–water partition coefficient (Wildman–Crippen LogP) is 1.59. The molecule has 20 heavy (non-hydrogen) atoms. The molecule has 0 aromatic heterocycles. The molecule has 2 heterocycles. The van der Waals surface area contributed by atoms with Crippen LogP contribution in [0.2, 0.25) is 0 Å². The monoisotopic (exact) mass is 278 g/mol. The molecular weight excluding hydrogens is 259 g/mol. The fourth-order valence-electron chi connectivity index (χ4n) is 3.27. The number of nitrogens with zero attached hydrogens (tertiary/aromatic N) is 1. The van der Waals surface area contributed by atoms with Gasteiger partial charge in [0.05, 0.1) is 23.8 Å². The van der Waals surface area contributed by atoms with E-state index in [1.807, 2.05) is 4.90 Å². The van der Waals surface area contributed by atoms with E-state index in [9.17, 15) is 14.3 Å². The van der Waals surface area contributed by atoms with E-state index >= 15 is 0 Å². The quantitative estimate of drug-likeness (QED) is 0.864. The molecule has 0 radical (unpaired) electrons. The molecule has 2 unspecified atom stereocenters. The number of halogens is 1. The number of rotatable bonds is 2. The van der Waals surface area contributed by atoms with Crippen LogP contribution in [0.3, 0.4) is 0 Å². The van der Waals surface area contributed by atoms with Crippen molar-refractivity contribution in [2.75, 3.05) is 18.0 Å². The molecule has 1 aromatic rings. The maximum Gasteiger partial charge on any atom is 0.225 e. The Morgan fingerprint density at radius 2 is 2.30 bits per heavy atom. The summed E-state index contributed by atoms with van der Waals surface area (Å²) in [4.78, 5) is 13.7. The summed E-state index contributed by atoms with van der Waals surface area (Å²) in [6, 6.07) is 4.89. The van der Waals surface area contributed by atoms with Crippen LogP contribution < -0.4 is 10.2 Å². The second kappa shape index (κ2) is 5.05. The maximum absolute atomic E-state index is 14.3. The van der Waals surface area contributed by atoms with Crippen molar-refractivity contribution in [2.24, 2.45) is 5.92 Å². The lowest BCUT2D eigenvalue weighted by Crippen LogP contribution is -2.46. The lowest BCUT2D eigenvalue weighted by molar-refractivity contribution is -0.123.